The third kappa shape index (κ3) is 9.69. The van der Waals surface area contributed by atoms with E-state index in [1.807, 2.05) is 26.0 Å². The van der Waals surface area contributed by atoms with Crippen LogP contribution in [0, 0.1) is 5.92 Å². The molecule has 0 saturated carbocycles. The van der Waals surface area contributed by atoms with E-state index in [1.54, 1.807) is 18.3 Å². The summed E-state index contributed by atoms with van der Waals surface area (Å²) in [6.07, 6.45) is 0.770. The minimum Gasteiger partial charge on any atom is -0.480 e. The average Bonchev–Trinajstić information content (AvgIpc) is 3.27. The van der Waals surface area contributed by atoms with Crippen molar-refractivity contribution < 1.29 is 33.9 Å². The lowest BCUT2D eigenvalue weighted by atomic mass is 10.0. The van der Waals surface area contributed by atoms with Gasteiger partial charge in [-0.2, -0.15) is 0 Å². The van der Waals surface area contributed by atoms with Gasteiger partial charge in [-0.15, -0.1) is 0 Å². The molecule has 1 aromatic heterocycles. The number of nitrogens with one attached hydrogen (secondary N) is 4. The number of carboxylic acid groups (broad SMARTS) is 1. The number of carbonyl (C=O) groups excluding carboxylic acids is 5. The normalized spacial score (nSPS) is 14.1. The van der Waals surface area contributed by atoms with Crippen molar-refractivity contribution in [3.05, 3.63) is 36.0 Å². The first-order valence-electron chi connectivity index (χ1n) is 12.8. The first-order valence-corrected chi connectivity index (χ1v) is 12.8. The van der Waals surface area contributed by atoms with E-state index in [0.29, 0.717) is 12.0 Å². The molecular weight excluding hydrogens is 522 g/mol. The van der Waals surface area contributed by atoms with E-state index in [-0.39, 0.29) is 25.2 Å². The van der Waals surface area contributed by atoms with Gasteiger partial charge in [0.25, 0.3) is 0 Å². The molecule has 218 valence electrons. The second kappa shape index (κ2) is 14.6. The van der Waals surface area contributed by atoms with Gasteiger partial charge in [-0.05, 0) is 30.4 Å². The monoisotopic (exact) mass is 559 g/mol. The van der Waals surface area contributed by atoms with Crippen molar-refractivity contribution in [3.8, 4) is 0 Å². The highest BCUT2D eigenvalue weighted by Gasteiger charge is 2.32. The number of hydrogen-bond acceptors (Lipinski definition) is 7. The van der Waals surface area contributed by atoms with Crippen LogP contribution in [0.2, 0.25) is 0 Å². The number of amides is 5. The second-order valence-electron chi connectivity index (χ2n) is 10.00. The fourth-order valence-corrected chi connectivity index (χ4v) is 4.12. The van der Waals surface area contributed by atoms with Crippen molar-refractivity contribution >= 4 is 46.4 Å². The van der Waals surface area contributed by atoms with Crippen molar-refractivity contribution in [2.45, 2.75) is 70.1 Å². The number of aromatic nitrogens is 1. The molecule has 0 aliphatic rings. The number of fused-ring (bicyclic) bond motifs is 1. The van der Waals surface area contributed by atoms with Gasteiger partial charge in [-0.3, -0.25) is 24.0 Å². The summed E-state index contributed by atoms with van der Waals surface area (Å²) in [5, 5.41) is 17.5. The van der Waals surface area contributed by atoms with Gasteiger partial charge in [0.05, 0.1) is 12.5 Å². The molecule has 0 fully saturated rings. The lowest BCUT2D eigenvalue weighted by Crippen LogP contribution is -2.58. The van der Waals surface area contributed by atoms with E-state index < -0.39 is 66.1 Å². The third-order valence-corrected chi connectivity index (χ3v) is 6.13. The Hall–Kier alpha value is -4.46. The minimum atomic E-state index is -1.46. The van der Waals surface area contributed by atoms with Gasteiger partial charge >= 0.3 is 5.97 Å². The van der Waals surface area contributed by atoms with E-state index in [9.17, 15) is 33.9 Å². The second-order valence-corrected chi connectivity index (χ2v) is 10.00. The molecule has 1 heterocycles. The summed E-state index contributed by atoms with van der Waals surface area (Å²) in [4.78, 5) is 76.7. The van der Waals surface area contributed by atoms with Crippen molar-refractivity contribution in [2.75, 3.05) is 0 Å². The van der Waals surface area contributed by atoms with E-state index in [4.69, 9.17) is 17.2 Å². The van der Waals surface area contributed by atoms with E-state index in [1.165, 1.54) is 0 Å². The zero-order chi connectivity index (χ0) is 30.0. The Balaban J connectivity index is 2.32. The molecule has 11 N–H and O–H groups in total. The number of para-hydroxylation sites is 1. The molecular formula is C26H37N7O7. The summed E-state index contributed by atoms with van der Waals surface area (Å²) >= 11 is 0. The van der Waals surface area contributed by atoms with Crippen molar-refractivity contribution in [1.82, 2.24) is 20.9 Å². The largest absolute Gasteiger partial charge is 0.480 e. The Morgan fingerprint density at radius 1 is 0.875 bits per heavy atom. The third-order valence-electron chi connectivity index (χ3n) is 6.13. The smallest absolute Gasteiger partial charge is 0.326 e. The zero-order valence-corrected chi connectivity index (χ0v) is 22.4. The number of primary amides is 2. The number of aliphatic carboxylic acids is 1. The molecule has 0 radical (unpaired) electrons. The zero-order valence-electron chi connectivity index (χ0n) is 22.4. The number of hydrogen-bond donors (Lipinski definition) is 8. The van der Waals surface area contributed by atoms with Crippen LogP contribution < -0.4 is 33.2 Å². The molecule has 0 aliphatic heterocycles. The topological polar surface area (TPSA) is 253 Å². The van der Waals surface area contributed by atoms with Crippen LogP contribution in [0.15, 0.2) is 30.5 Å². The Bertz CT molecular complexity index is 1240. The van der Waals surface area contributed by atoms with Crippen LogP contribution in [0.5, 0.6) is 0 Å². The number of nitrogens with two attached hydrogens (primary N) is 3. The van der Waals surface area contributed by atoms with Gasteiger partial charge in [-0.25, -0.2) is 4.79 Å². The minimum absolute atomic E-state index is 0.0755. The number of carboxylic acids is 1. The summed E-state index contributed by atoms with van der Waals surface area (Å²) in [5.74, 6) is -5.37. The van der Waals surface area contributed by atoms with Crippen LogP contribution in [-0.4, -0.2) is 69.8 Å². The molecule has 1 aromatic carbocycles. The SMILES string of the molecule is CC(C)CC(N)C(=O)NC(CC(N)=O)C(=O)NC(Cc1c[nH]c2ccccc12)C(=O)NC(CCC(N)=O)C(=O)O. The maximum atomic E-state index is 13.3. The predicted octanol–water partition coefficient (Wildman–Crippen LogP) is -1.24. The highest BCUT2D eigenvalue weighted by Crippen LogP contribution is 2.19. The molecule has 4 unspecified atom stereocenters. The molecule has 0 saturated heterocycles. The number of rotatable bonds is 16. The summed E-state index contributed by atoms with van der Waals surface area (Å²) in [7, 11) is 0. The number of H-pyrrole nitrogens is 1. The first-order chi connectivity index (χ1) is 18.8. The highest BCUT2D eigenvalue weighted by atomic mass is 16.4. The molecule has 2 rings (SSSR count). The fourth-order valence-electron chi connectivity index (χ4n) is 4.12. The Labute approximate surface area is 230 Å². The molecule has 40 heavy (non-hydrogen) atoms. The van der Waals surface area contributed by atoms with Gasteiger partial charge in [0.2, 0.25) is 29.5 Å². The number of benzene rings is 1. The molecule has 0 spiro atoms. The van der Waals surface area contributed by atoms with Crippen LogP contribution in [0.3, 0.4) is 0 Å². The molecule has 14 heteroatoms. The summed E-state index contributed by atoms with van der Waals surface area (Å²) in [6.45, 7) is 3.73. The Kier molecular flexibility index (Phi) is 11.6. The van der Waals surface area contributed by atoms with Crippen LogP contribution in [0.25, 0.3) is 10.9 Å². The first kappa shape index (κ1) is 31.8. The van der Waals surface area contributed by atoms with E-state index >= 15 is 0 Å². The van der Waals surface area contributed by atoms with Crippen LogP contribution in [0.4, 0.5) is 0 Å². The lowest BCUT2D eigenvalue weighted by Gasteiger charge is -2.25. The number of carbonyl (C=O) groups is 6. The molecule has 0 aliphatic carbocycles. The molecule has 0 bridgehead atoms. The Morgan fingerprint density at radius 2 is 1.48 bits per heavy atom. The highest BCUT2D eigenvalue weighted by molar-refractivity contribution is 5.96. The van der Waals surface area contributed by atoms with Crippen LogP contribution in [-0.2, 0) is 35.2 Å². The van der Waals surface area contributed by atoms with Crippen molar-refractivity contribution in [3.63, 3.8) is 0 Å². The Morgan fingerprint density at radius 3 is 2.08 bits per heavy atom. The quantitative estimate of drug-likeness (QED) is 0.123. The molecule has 4 atom stereocenters. The maximum Gasteiger partial charge on any atom is 0.326 e. The van der Waals surface area contributed by atoms with Gasteiger partial charge < -0.3 is 43.2 Å². The molecule has 14 nitrogen and oxygen atoms in total. The van der Waals surface area contributed by atoms with Gasteiger partial charge in [0.15, 0.2) is 0 Å². The fraction of sp³-hybridized carbons (Fsp3) is 0.462. The standard InChI is InChI=1S/C26H37N7O7/c1-13(2)9-16(27)23(36)32-20(11-22(29)35)25(38)33-19(10-14-12-30-17-6-4-3-5-15(14)17)24(37)31-18(26(39)40)7-8-21(28)34/h3-6,12-13,16,18-20,30H,7-11,27H2,1-2H3,(H2,28,34)(H2,29,35)(H,31,37)(H,32,36)(H,33,38)(H,39,40). The van der Waals surface area contributed by atoms with Crippen LogP contribution in [0.1, 0.15) is 45.1 Å². The van der Waals surface area contributed by atoms with Crippen molar-refractivity contribution in [2.24, 2.45) is 23.1 Å². The van der Waals surface area contributed by atoms with Crippen molar-refractivity contribution in [1.29, 1.82) is 0 Å². The lowest BCUT2D eigenvalue weighted by molar-refractivity contribution is -0.142. The van der Waals surface area contributed by atoms with Gasteiger partial charge in [0.1, 0.15) is 18.1 Å². The summed E-state index contributed by atoms with van der Waals surface area (Å²) in [6, 6.07) is 2.03. The average molecular weight is 560 g/mol. The number of aromatic amines is 1. The van der Waals surface area contributed by atoms with Crippen LogP contribution >= 0.6 is 0 Å². The molecule has 2 aromatic rings. The van der Waals surface area contributed by atoms with E-state index in [2.05, 4.69) is 20.9 Å². The van der Waals surface area contributed by atoms with Gasteiger partial charge in [-0.1, -0.05) is 32.0 Å². The summed E-state index contributed by atoms with van der Waals surface area (Å²) in [5.41, 5.74) is 17.7. The maximum absolute atomic E-state index is 13.3. The van der Waals surface area contributed by atoms with Gasteiger partial charge in [0, 0.05) is 29.9 Å². The van der Waals surface area contributed by atoms with E-state index in [0.717, 1.165) is 10.9 Å². The predicted molar refractivity (Wildman–Crippen MR) is 145 cm³/mol. The summed E-state index contributed by atoms with van der Waals surface area (Å²) < 4.78 is 0. The molecule has 5 amide bonds.